The highest BCUT2D eigenvalue weighted by Crippen LogP contribution is 2.25. The number of nitrogens with one attached hydrogen (secondary N) is 2. The normalized spacial score (nSPS) is 11.8. The molecule has 0 bridgehead atoms. The Balaban J connectivity index is 2.19. The van der Waals surface area contributed by atoms with Crippen molar-refractivity contribution < 1.29 is 30.8 Å². The van der Waals surface area contributed by atoms with Crippen molar-refractivity contribution >= 4 is 43.3 Å². The van der Waals surface area contributed by atoms with Gasteiger partial charge in [0.25, 0.3) is 10.0 Å². The van der Waals surface area contributed by atoms with Crippen LogP contribution < -0.4 is 9.44 Å². The lowest BCUT2D eigenvalue weighted by Crippen LogP contribution is -2.30. The van der Waals surface area contributed by atoms with E-state index in [4.69, 9.17) is 11.6 Å². The summed E-state index contributed by atoms with van der Waals surface area (Å²) in [5.41, 5.74) is 0.0577. The first-order chi connectivity index (χ1) is 12.5. The average molecular weight is 437 g/mol. The molecule has 0 heterocycles. The predicted molar refractivity (Wildman–Crippen MR) is 95.9 cm³/mol. The molecule has 0 radical (unpaired) electrons. The maximum absolute atomic E-state index is 13.1. The van der Waals surface area contributed by atoms with Gasteiger partial charge in [-0.3, -0.25) is 9.52 Å². The molecule has 0 aromatic heterocycles. The Kier molecular flexibility index (Phi) is 6.42. The maximum atomic E-state index is 13.1. The van der Waals surface area contributed by atoms with Crippen molar-refractivity contribution in [1.82, 2.24) is 4.72 Å². The summed E-state index contributed by atoms with van der Waals surface area (Å²) in [4.78, 5) is 10.5. The van der Waals surface area contributed by atoms with Crippen LogP contribution in [0, 0.1) is 5.82 Å². The molecule has 12 heteroatoms. The summed E-state index contributed by atoms with van der Waals surface area (Å²) in [5, 5.41) is -0.297. The van der Waals surface area contributed by atoms with E-state index in [0.717, 1.165) is 37.4 Å². The number of hydrogen-bond donors (Lipinski definition) is 2. The molecule has 0 saturated carbocycles. The Morgan fingerprint density at radius 1 is 1.07 bits per heavy atom. The van der Waals surface area contributed by atoms with E-state index in [-0.39, 0.29) is 20.5 Å². The van der Waals surface area contributed by atoms with E-state index in [2.05, 4.69) is 9.46 Å². The second-order valence-corrected chi connectivity index (χ2v) is 8.93. The zero-order chi connectivity index (χ0) is 20.2. The summed E-state index contributed by atoms with van der Waals surface area (Å²) >= 11 is 5.75. The Morgan fingerprint density at radius 2 is 1.70 bits per heavy atom. The molecule has 0 atom stereocenters. The van der Waals surface area contributed by atoms with Crippen LogP contribution >= 0.6 is 11.6 Å². The number of benzene rings is 2. The Morgan fingerprint density at radius 3 is 2.26 bits per heavy atom. The van der Waals surface area contributed by atoms with Crippen molar-refractivity contribution in [1.29, 1.82) is 0 Å². The van der Waals surface area contributed by atoms with Crippen LogP contribution in [0.15, 0.2) is 52.3 Å². The number of ether oxygens (including phenoxy) is 1. The van der Waals surface area contributed by atoms with Gasteiger partial charge in [0, 0.05) is 5.69 Å². The van der Waals surface area contributed by atoms with Crippen LogP contribution in [-0.4, -0.2) is 36.5 Å². The third-order valence-corrected chi connectivity index (χ3v) is 6.52. The quantitative estimate of drug-likeness (QED) is 0.638. The molecule has 2 aromatic carbocycles. The van der Waals surface area contributed by atoms with E-state index in [9.17, 15) is 26.0 Å². The van der Waals surface area contributed by atoms with Gasteiger partial charge in [0.1, 0.15) is 17.3 Å². The maximum Gasteiger partial charge on any atom is 0.320 e. The molecule has 146 valence electrons. The molecular formula is C15H14ClFN2O6S2. The molecule has 27 heavy (non-hydrogen) atoms. The molecule has 2 N–H and O–H groups in total. The summed E-state index contributed by atoms with van der Waals surface area (Å²) < 4.78 is 70.4. The standard InChI is InChI=1S/C15H14ClFN2O6S2/c1-25-15(20)9-18-26(21,22)12-5-3-11(4-6-12)19-27(23,24)14-7-2-10(17)8-13(14)16/h2-8,18-19H,9H2,1H3. The lowest BCUT2D eigenvalue weighted by Gasteiger charge is -2.10. The van der Waals surface area contributed by atoms with Crippen molar-refractivity contribution in [2.75, 3.05) is 18.4 Å². The van der Waals surface area contributed by atoms with Gasteiger partial charge in [-0.15, -0.1) is 0 Å². The summed E-state index contributed by atoms with van der Waals surface area (Å²) in [7, 11) is -6.97. The molecule has 0 aliphatic heterocycles. The van der Waals surface area contributed by atoms with Gasteiger partial charge in [-0.1, -0.05) is 11.6 Å². The second-order valence-electron chi connectivity index (χ2n) is 5.11. The van der Waals surface area contributed by atoms with Gasteiger partial charge in [0.15, 0.2) is 0 Å². The third-order valence-electron chi connectivity index (χ3n) is 3.23. The molecule has 8 nitrogen and oxygen atoms in total. The lowest BCUT2D eigenvalue weighted by atomic mass is 10.3. The van der Waals surface area contributed by atoms with Gasteiger partial charge in [0.05, 0.1) is 17.0 Å². The zero-order valence-electron chi connectivity index (χ0n) is 13.8. The Labute approximate surface area is 160 Å². The van der Waals surface area contributed by atoms with Gasteiger partial charge in [0.2, 0.25) is 10.0 Å². The number of anilines is 1. The van der Waals surface area contributed by atoms with E-state index in [1.807, 2.05) is 4.72 Å². The third kappa shape index (κ3) is 5.39. The molecule has 0 saturated heterocycles. The van der Waals surface area contributed by atoms with Crippen LogP contribution in [0.2, 0.25) is 5.02 Å². The fourth-order valence-electron chi connectivity index (χ4n) is 1.91. The van der Waals surface area contributed by atoms with E-state index in [0.29, 0.717) is 0 Å². The molecular weight excluding hydrogens is 423 g/mol. The minimum Gasteiger partial charge on any atom is -0.468 e. The van der Waals surface area contributed by atoms with Gasteiger partial charge < -0.3 is 4.74 Å². The van der Waals surface area contributed by atoms with Gasteiger partial charge in [-0.2, -0.15) is 4.72 Å². The Hall–Kier alpha value is -2.21. The minimum atomic E-state index is -4.11. The first kappa shape index (κ1) is 21.1. The van der Waals surface area contributed by atoms with Crippen molar-refractivity contribution in [2.45, 2.75) is 9.79 Å². The van der Waals surface area contributed by atoms with E-state index < -0.39 is 38.4 Å². The molecule has 0 aliphatic carbocycles. The zero-order valence-corrected chi connectivity index (χ0v) is 16.2. The number of rotatable bonds is 7. The van der Waals surface area contributed by atoms with Gasteiger partial charge in [-0.05, 0) is 42.5 Å². The fraction of sp³-hybridized carbons (Fsp3) is 0.133. The number of esters is 1. The number of methoxy groups -OCH3 is 1. The van der Waals surface area contributed by atoms with E-state index in [1.165, 1.54) is 12.1 Å². The largest absolute Gasteiger partial charge is 0.468 e. The number of sulfonamides is 2. The number of carbonyl (C=O) groups excluding carboxylic acids is 1. The predicted octanol–water partition coefficient (Wildman–Crippen LogP) is 1.73. The summed E-state index contributed by atoms with van der Waals surface area (Å²) in [5.74, 6) is -1.45. The summed E-state index contributed by atoms with van der Waals surface area (Å²) in [6.07, 6.45) is 0. The minimum absolute atomic E-state index is 0.0577. The second kappa shape index (κ2) is 8.21. The molecule has 0 fully saturated rings. The van der Waals surface area contributed by atoms with Crippen LogP contribution in [0.1, 0.15) is 0 Å². The fourth-order valence-corrected chi connectivity index (χ4v) is 4.47. The highest BCUT2D eigenvalue weighted by atomic mass is 35.5. The van der Waals surface area contributed by atoms with Crippen LogP contribution in [-0.2, 0) is 29.6 Å². The number of hydrogen-bond acceptors (Lipinski definition) is 6. The highest BCUT2D eigenvalue weighted by Gasteiger charge is 2.20. The van der Waals surface area contributed by atoms with Crippen LogP contribution in [0.25, 0.3) is 0 Å². The van der Waals surface area contributed by atoms with E-state index >= 15 is 0 Å². The first-order valence-electron chi connectivity index (χ1n) is 7.19. The molecule has 0 amide bonds. The number of carbonyl (C=O) groups is 1. The van der Waals surface area contributed by atoms with Crippen molar-refractivity contribution in [3.05, 3.63) is 53.3 Å². The van der Waals surface area contributed by atoms with E-state index in [1.54, 1.807) is 0 Å². The average Bonchev–Trinajstić information content (AvgIpc) is 2.59. The Bertz CT molecular complexity index is 1060. The van der Waals surface area contributed by atoms with Crippen LogP contribution in [0.5, 0.6) is 0 Å². The van der Waals surface area contributed by atoms with Crippen molar-refractivity contribution in [3.63, 3.8) is 0 Å². The van der Waals surface area contributed by atoms with Crippen molar-refractivity contribution in [2.24, 2.45) is 0 Å². The number of halogens is 2. The SMILES string of the molecule is COC(=O)CNS(=O)(=O)c1ccc(NS(=O)(=O)c2ccc(F)cc2Cl)cc1. The highest BCUT2D eigenvalue weighted by molar-refractivity contribution is 7.92. The molecule has 0 unspecified atom stereocenters. The van der Waals surface area contributed by atoms with Crippen molar-refractivity contribution in [3.8, 4) is 0 Å². The van der Waals surface area contributed by atoms with Crippen LogP contribution in [0.3, 0.4) is 0 Å². The first-order valence-corrected chi connectivity index (χ1v) is 10.5. The summed E-state index contributed by atoms with van der Waals surface area (Å²) in [6, 6.07) is 7.52. The molecule has 2 rings (SSSR count). The molecule has 0 aliphatic rings. The van der Waals surface area contributed by atoms with Crippen LogP contribution in [0.4, 0.5) is 10.1 Å². The smallest absolute Gasteiger partial charge is 0.320 e. The monoisotopic (exact) mass is 436 g/mol. The van der Waals surface area contributed by atoms with Gasteiger partial charge >= 0.3 is 5.97 Å². The molecule has 2 aromatic rings. The lowest BCUT2D eigenvalue weighted by molar-refractivity contribution is -0.139. The summed E-state index contributed by atoms with van der Waals surface area (Å²) in [6.45, 7) is -0.545. The van der Waals surface area contributed by atoms with Gasteiger partial charge in [-0.25, -0.2) is 21.2 Å². The molecule has 0 spiro atoms. The topological polar surface area (TPSA) is 119 Å².